The van der Waals surface area contributed by atoms with E-state index in [2.05, 4.69) is 179 Å². The van der Waals surface area contributed by atoms with Crippen LogP contribution in [-0.4, -0.2) is 40.3 Å². The summed E-state index contributed by atoms with van der Waals surface area (Å²) in [4.78, 5) is 23.7. The number of hydrogen-bond acceptors (Lipinski definition) is 7. The van der Waals surface area contributed by atoms with Gasteiger partial charge in [0.1, 0.15) is 22.3 Å². The maximum atomic E-state index is 11.9. The molecule has 4 saturated carbocycles. The van der Waals surface area contributed by atoms with Gasteiger partial charge in [0, 0.05) is 23.7 Å². The maximum absolute atomic E-state index is 11.9. The molecule has 4 fully saturated rings. The molecule has 4 atom stereocenters. The summed E-state index contributed by atoms with van der Waals surface area (Å²) in [7, 11) is -6.18. The minimum absolute atomic E-state index is 0.0208. The van der Waals surface area contributed by atoms with Crippen LogP contribution in [0.1, 0.15) is 145 Å². The van der Waals surface area contributed by atoms with Crippen molar-refractivity contribution < 1.29 is 73.4 Å². The summed E-state index contributed by atoms with van der Waals surface area (Å²) >= 11 is -0.0911. The van der Waals surface area contributed by atoms with Gasteiger partial charge in [0.05, 0.1) is 15.9 Å². The lowest BCUT2D eigenvalue weighted by Crippen LogP contribution is -3.61. The van der Waals surface area contributed by atoms with Crippen molar-refractivity contribution in [2.45, 2.75) is 145 Å². The molecule has 11 heteroatoms. The molecule has 4 aliphatic carbocycles. The van der Waals surface area contributed by atoms with Crippen LogP contribution in [0.3, 0.4) is 0 Å². The number of fused-ring (bicyclic) bond motifs is 4. The quantitative estimate of drug-likeness (QED) is 0.0911. The van der Waals surface area contributed by atoms with Gasteiger partial charge in [0.25, 0.3) is 0 Å². The van der Waals surface area contributed by atoms with Crippen molar-refractivity contribution in [1.29, 1.82) is 0 Å². The first-order valence-electron chi connectivity index (χ1n) is 23.5. The Morgan fingerprint density at radius 2 is 0.881 bits per heavy atom. The van der Waals surface area contributed by atoms with Crippen LogP contribution in [0.15, 0.2) is 103 Å². The SMILES string of the molecule is CC(C)(C)c1ccc([I+]c2ccc(C(C)(C)C)cc2)cc1.CC(C)(C)c1ccc([I+]c2ccccc2)cc1.CC1(C)C2CCC1(CS(=O)(=O)[O-])C(=O)C2.CC1(C)C2CCC1(C[S-](=O)=[OH+])C(=O)C2. The molecule has 0 aliphatic heterocycles. The predicted octanol–water partition coefficient (Wildman–Crippen LogP) is 6.08. The zero-order valence-corrected chi connectivity index (χ0v) is 48.0. The minimum atomic E-state index is -4.33. The molecule has 7 nitrogen and oxygen atoms in total. The van der Waals surface area contributed by atoms with Gasteiger partial charge in [0.15, 0.2) is 14.3 Å². The molecule has 1 N–H and O–H groups in total. The predicted molar refractivity (Wildman–Crippen MR) is 263 cm³/mol. The summed E-state index contributed by atoms with van der Waals surface area (Å²) in [6, 6.07) is 38.3. The highest BCUT2D eigenvalue weighted by Crippen LogP contribution is 2.65. The average Bonchev–Trinajstić information content (AvgIpc) is 3.74. The molecule has 0 heterocycles. The number of carbonyl (C=O) groups is 2. The van der Waals surface area contributed by atoms with Crippen molar-refractivity contribution >= 4 is 32.4 Å². The molecule has 366 valence electrons. The zero-order chi connectivity index (χ0) is 50.0. The van der Waals surface area contributed by atoms with E-state index >= 15 is 0 Å². The zero-order valence-electron chi connectivity index (χ0n) is 42.1. The van der Waals surface area contributed by atoms with Gasteiger partial charge in [-0.3, -0.25) is 9.59 Å². The third-order valence-corrected chi connectivity index (χ3v) is 22.3. The van der Waals surface area contributed by atoms with E-state index in [1.54, 1.807) is 0 Å². The van der Waals surface area contributed by atoms with Crippen LogP contribution in [0.2, 0.25) is 0 Å². The molecular weight excluding hydrogens is 1100 g/mol. The van der Waals surface area contributed by atoms with Crippen LogP contribution >= 0.6 is 0 Å². The van der Waals surface area contributed by atoms with E-state index in [1.165, 1.54) is 31.0 Å². The first-order chi connectivity index (χ1) is 30.8. The van der Waals surface area contributed by atoms with E-state index in [1.807, 2.05) is 13.8 Å². The second kappa shape index (κ2) is 21.1. The van der Waals surface area contributed by atoms with E-state index in [9.17, 15) is 26.8 Å². The second-order valence-electron chi connectivity index (χ2n) is 23.3. The van der Waals surface area contributed by atoms with Crippen LogP contribution in [0.4, 0.5) is 0 Å². The largest absolute Gasteiger partial charge is 0.748 e. The van der Waals surface area contributed by atoms with Gasteiger partial charge in [-0.1, -0.05) is 145 Å². The molecule has 0 spiro atoms. The van der Waals surface area contributed by atoms with Crippen molar-refractivity contribution in [3.8, 4) is 0 Å². The van der Waals surface area contributed by atoms with Crippen molar-refractivity contribution in [1.82, 2.24) is 0 Å². The molecule has 4 aromatic rings. The lowest BCUT2D eigenvalue weighted by molar-refractivity contribution is -0.597. The monoisotopic (exact) mass is 1180 g/mol. The molecule has 4 unspecified atom stereocenters. The normalized spacial score (nSPS) is 23.7. The van der Waals surface area contributed by atoms with Crippen molar-refractivity contribution in [3.05, 3.63) is 134 Å². The molecule has 0 radical (unpaired) electrons. The molecule has 67 heavy (non-hydrogen) atoms. The van der Waals surface area contributed by atoms with Gasteiger partial charge >= 0.3 is 42.4 Å². The lowest BCUT2D eigenvalue weighted by atomic mass is 9.70. The Morgan fingerprint density at radius 3 is 1.13 bits per heavy atom. The Bertz CT molecular complexity index is 2460. The highest BCUT2D eigenvalue weighted by Gasteiger charge is 2.65. The first kappa shape index (κ1) is 55.5. The number of benzene rings is 4. The molecule has 4 aromatic carbocycles. The average molecular weight is 1180 g/mol. The Balaban J connectivity index is 0.000000169. The number of carbonyl (C=O) groups excluding carboxylic acids is 2. The van der Waals surface area contributed by atoms with Gasteiger partial charge in [-0.05, 0) is 136 Å². The topological polar surface area (TPSA) is 130 Å². The van der Waals surface area contributed by atoms with Crippen LogP contribution in [0, 0.1) is 47.8 Å². The van der Waals surface area contributed by atoms with Crippen LogP contribution in [-0.2, 0) is 50.9 Å². The number of rotatable bonds is 8. The lowest BCUT2D eigenvalue weighted by Gasteiger charge is -2.37. The van der Waals surface area contributed by atoms with Gasteiger partial charge in [-0.15, -0.1) is 0 Å². The Labute approximate surface area is 426 Å². The van der Waals surface area contributed by atoms with Gasteiger partial charge in [-0.2, -0.15) is 0 Å². The standard InChI is InChI=1S/C20H26I.C16H18I.C10H16O4S.C10H16O3S/c1-19(2,3)15-7-11-17(12-8-15)21-18-13-9-16(10-14-18)20(4,5)6;1-16(2,3)13-9-11-15(12-10-13)17-14-7-5-4-6-8-14;1-9(2)7-3-4-10(9,8(11)5-7)6-15(12,13)14;1-9(2)7-3-4-10(9,6-14(12)13)8(11)5-7/h7-14H,1-6H3;4-12H,1-3H3;7H,3-6H2,1-2H3,(H,12,13,14);7,12H,3-6H2,1-2H3/q2*+1;;/p-1. The highest BCUT2D eigenvalue weighted by atomic mass is 127. The summed E-state index contributed by atoms with van der Waals surface area (Å²) in [6.45, 7) is 28.3. The summed E-state index contributed by atoms with van der Waals surface area (Å²) < 4.78 is 58.6. The summed E-state index contributed by atoms with van der Waals surface area (Å²) in [5.41, 5.74) is 3.18. The van der Waals surface area contributed by atoms with Crippen LogP contribution < -0.4 is 42.4 Å². The van der Waals surface area contributed by atoms with E-state index in [0.717, 1.165) is 19.3 Å². The number of halogens is 2. The number of ketones is 2. The number of Topliss-reactive ketones (excluding diaryl/α,β-unsaturated/α-hetero) is 2. The van der Waals surface area contributed by atoms with Crippen molar-refractivity contribution in [2.24, 2.45) is 33.5 Å². The smallest absolute Gasteiger partial charge is 0.357 e. The Hall–Kier alpha value is -2.46. The molecule has 4 aliphatic rings. The molecular formula is C56H75I2O7S2+. The van der Waals surface area contributed by atoms with Crippen LogP contribution in [0.25, 0.3) is 0 Å². The third-order valence-electron chi connectivity index (χ3n) is 15.4. The fraction of sp³-hybridized carbons (Fsp3) is 0.536. The molecule has 8 rings (SSSR count). The van der Waals surface area contributed by atoms with Gasteiger partial charge < -0.3 is 13.0 Å². The van der Waals surface area contributed by atoms with E-state index < -0.39 is 37.4 Å². The number of hydrogen-bond donors (Lipinski definition) is 0. The second-order valence-corrected chi connectivity index (χ2v) is 31.7. The Kier molecular flexibility index (Phi) is 17.5. The van der Waals surface area contributed by atoms with Crippen molar-refractivity contribution in [2.75, 3.05) is 11.5 Å². The highest BCUT2D eigenvalue weighted by molar-refractivity contribution is 7.85. The summed E-state index contributed by atoms with van der Waals surface area (Å²) in [5, 5.41) is 0. The van der Waals surface area contributed by atoms with E-state index in [-0.39, 0.29) is 92.7 Å². The minimum Gasteiger partial charge on any atom is -0.748 e. The van der Waals surface area contributed by atoms with Crippen molar-refractivity contribution in [3.63, 3.8) is 0 Å². The summed E-state index contributed by atoms with van der Waals surface area (Å²) in [6.07, 6.45) is 4.33. The van der Waals surface area contributed by atoms with Gasteiger partial charge in [0.2, 0.25) is 0 Å². The third kappa shape index (κ3) is 13.3. The summed E-state index contributed by atoms with van der Waals surface area (Å²) in [5.74, 6) is 0.493. The Morgan fingerprint density at radius 1 is 0.567 bits per heavy atom. The molecule has 4 bridgehead atoms. The fourth-order valence-electron chi connectivity index (χ4n) is 10.5. The van der Waals surface area contributed by atoms with Gasteiger partial charge in [-0.25, -0.2) is 8.42 Å². The maximum Gasteiger partial charge on any atom is 0.357 e. The fourth-order valence-corrected chi connectivity index (χ4v) is 17.2. The molecule has 0 aromatic heterocycles. The van der Waals surface area contributed by atoms with Crippen LogP contribution in [0.5, 0.6) is 0 Å². The van der Waals surface area contributed by atoms with E-state index in [4.69, 9.17) is 4.21 Å². The first-order valence-corrected chi connectivity index (χ1v) is 30.7. The van der Waals surface area contributed by atoms with E-state index in [0.29, 0.717) is 25.2 Å². The molecule has 0 saturated heterocycles. The molecule has 0 amide bonds.